The summed E-state index contributed by atoms with van der Waals surface area (Å²) in [6.07, 6.45) is 10.5. The van der Waals surface area contributed by atoms with Gasteiger partial charge in [-0.05, 0) is 50.0 Å². The van der Waals surface area contributed by atoms with Crippen LogP contribution < -0.4 is 0 Å². The molecule has 0 N–H and O–H groups in total. The molecule has 1 aromatic heterocycles. The van der Waals surface area contributed by atoms with Gasteiger partial charge in [-0.1, -0.05) is 52.8 Å². The molecule has 3 fully saturated rings. The Hall–Kier alpha value is -1.68. The van der Waals surface area contributed by atoms with Crippen LogP contribution in [0.25, 0.3) is 17.0 Å². The third-order valence-corrected chi connectivity index (χ3v) is 8.58. The standard InChI is InChI=1S/C25H28BrN3O3S2/c26-18-7-8-21-20(13-18)17(14-28(21)16-23(30)27-9-3-1-2-4-10-27)12-22-24(31)29(25(33)34-22)15-19-6-5-11-32-19/h7-8,12-14,19H,1-6,9-11,15-16H2/b22-12-/t19-/m1/s1. The Bertz CT molecular complexity index is 1150. The number of aromatic nitrogens is 1. The lowest BCUT2D eigenvalue weighted by Crippen LogP contribution is -2.35. The van der Waals surface area contributed by atoms with Gasteiger partial charge >= 0.3 is 0 Å². The van der Waals surface area contributed by atoms with Crippen LogP contribution in [0.15, 0.2) is 33.8 Å². The number of thiocarbonyl (C=S) groups is 1. The van der Waals surface area contributed by atoms with Crippen LogP contribution in [0.4, 0.5) is 0 Å². The monoisotopic (exact) mass is 561 g/mol. The summed E-state index contributed by atoms with van der Waals surface area (Å²) in [6.45, 7) is 3.23. The molecule has 0 saturated carbocycles. The fraction of sp³-hybridized carbons (Fsp3) is 0.480. The van der Waals surface area contributed by atoms with Gasteiger partial charge in [-0.2, -0.15) is 0 Å². The average Bonchev–Trinajstić information content (AvgIpc) is 3.43. The molecule has 0 spiro atoms. The van der Waals surface area contributed by atoms with Crippen molar-refractivity contribution in [1.29, 1.82) is 0 Å². The number of hydrogen-bond acceptors (Lipinski definition) is 5. The Kier molecular flexibility index (Phi) is 7.44. The van der Waals surface area contributed by atoms with Gasteiger partial charge in [-0.3, -0.25) is 14.5 Å². The molecule has 2 aromatic rings. The number of likely N-dealkylation sites (tertiary alicyclic amines) is 1. The van der Waals surface area contributed by atoms with E-state index in [-0.39, 0.29) is 17.9 Å². The second-order valence-electron chi connectivity index (χ2n) is 9.10. The number of nitrogens with zero attached hydrogens (tertiary/aromatic N) is 3. The summed E-state index contributed by atoms with van der Waals surface area (Å²) in [6, 6.07) is 6.05. The molecule has 180 valence electrons. The number of fused-ring (bicyclic) bond motifs is 1. The maximum absolute atomic E-state index is 13.2. The number of rotatable bonds is 5. The van der Waals surface area contributed by atoms with Gasteiger partial charge in [0.25, 0.3) is 5.91 Å². The average molecular weight is 563 g/mol. The highest BCUT2D eigenvalue weighted by molar-refractivity contribution is 9.10. The van der Waals surface area contributed by atoms with E-state index in [0.717, 1.165) is 66.3 Å². The summed E-state index contributed by atoms with van der Waals surface area (Å²) in [5.41, 5.74) is 1.89. The number of benzene rings is 1. The Balaban J connectivity index is 1.41. The van der Waals surface area contributed by atoms with Crippen LogP contribution in [0.3, 0.4) is 0 Å². The molecule has 1 aromatic carbocycles. The summed E-state index contributed by atoms with van der Waals surface area (Å²) in [4.78, 5) is 30.5. The van der Waals surface area contributed by atoms with Crippen LogP contribution in [0.5, 0.6) is 0 Å². The van der Waals surface area contributed by atoms with Gasteiger partial charge in [0.15, 0.2) is 0 Å². The smallest absolute Gasteiger partial charge is 0.266 e. The van der Waals surface area contributed by atoms with E-state index in [1.807, 2.05) is 39.9 Å². The van der Waals surface area contributed by atoms with E-state index in [2.05, 4.69) is 15.9 Å². The number of carbonyl (C=O) groups excluding carboxylic acids is 2. The molecule has 34 heavy (non-hydrogen) atoms. The SMILES string of the molecule is O=C(Cn1cc(/C=C2\SC(=S)N(C[C@H]3CCCO3)C2=O)c2cc(Br)ccc21)N1CCCCCC1. The minimum Gasteiger partial charge on any atom is -0.376 e. The Morgan fingerprint density at radius 3 is 2.74 bits per heavy atom. The highest BCUT2D eigenvalue weighted by Crippen LogP contribution is 2.35. The van der Waals surface area contributed by atoms with Crippen molar-refractivity contribution in [2.45, 2.75) is 51.2 Å². The summed E-state index contributed by atoms with van der Waals surface area (Å²) in [5.74, 6) is 0.0817. The zero-order valence-corrected chi connectivity index (χ0v) is 22.2. The first kappa shape index (κ1) is 24.0. The van der Waals surface area contributed by atoms with Gasteiger partial charge in [0.05, 0.1) is 17.6 Å². The summed E-state index contributed by atoms with van der Waals surface area (Å²) in [7, 11) is 0. The molecule has 4 heterocycles. The first-order valence-electron chi connectivity index (χ1n) is 11.9. The van der Waals surface area contributed by atoms with Gasteiger partial charge < -0.3 is 14.2 Å². The molecule has 3 saturated heterocycles. The van der Waals surface area contributed by atoms with Crippen LogP contribution in [0, 0.1) is 0 Å². The fourth-order valence-corrected chi connectivity index (χ4v) is 6.53. The lowest BCUT2D eigenvalue weighted by atomic mass is 10.1. The van der Waals surface area contributed by atoms with Crippen molar-refractivity contribution >= 4 is 73.0 Å². The van der Waals surface area contributed by atoms with E-state index in [4.69, 9.17) is 17.0 Å². The van der Waals surface area contributed by atoms with Crippen molar-refractivity contribution in [1.82, 2.24) is 14.4 Å². The Morgan fingerprint density at radius 1 is 1.21 bits per heavy atom. The molecule has 5 rings (SSSR count). The van der Waals surface area contributed by atoms with E-state index < -0.39 is 0 Å². The third-order valence-electron chi connectivity index (χ3n) is 6.71. The predicted octanol–water partition coefficient (Wildman–Crippen LogP) is 5.19. The molecule has 9 heteroatoms. The zero-order chi connectivity index (χ0) is 23.7. The number of thioether (sulfide) groups is 1. The van der Waals surface area contributed by atoms with E-state index >= 15 is 0 Å². The zero-order valence-electron chi connectivity index (χ0n) is 19.0. The predicted molar refractivity (Wildman–Crippen MR) is 144 cm³/mol. The molecule has 0 bridgehead atoms. The van der Waals surface area contributed by atoms with Gasteiger partial charge in [0, 0.05) is 46.8 Å². The van der Waals surface area contributed by atoms with Crippen LogP contribution in [-0.2, 0) is 20.9 Å². The molecule has 6 nitrogen and oxygen atoms in total. The number of amides is 2. The van der Waals surface area contributed by atoms with Gasteiger partial charge in [0.2, 0.25) is 5.91 Å². The highest BCUT2D eigenvalue weighted by atomic mass is 79.9. The van der Waals surface area contributed by atoms with E-state index in [1.54, 1.807) is 4.90 Å². The van der Waals surface area contributed by atoms with Crippen molar-refractivity contribution in [3.05, 3.63) is 39.3 Å². The molecule has 3 aliphatic heterocycles. The van der Waals surface area contributed by atoms with Crippen molar-refractivity contribution in [2.24, 2.45) is 0 Å². The van der Waals surface area contributed by atoms with Crippen LogP contribution >= 0.6 is 39.9 Å². The molecular weight excluding hydrogens is 534 g/mol. The summed E-state index contributed by atoms with van der Waals surface area (Å²) >= 11 is 10.4. The van der Waals surface area contributed by atoms with E-state index in [9.17, 15) is 9.59 Å². The van der Waals surface area contributed by atoms with Crippen molar-refractivity contribution in [3.63, 3.8) is 0 Å². The van der Waals surface area contributed by atoms with Crippen LogP contribution in [0.1, 0.15) is 44.1 Å². The third kappa shape index (κ3) is 5.12. The molecule has 0 radical (unpaired) electrons. The second-order valence-corrected chi connectivity index (χ2v) is 11.7. The largest absolute Gasteiger partial charge is 0.376 e. The van der Waals surface area contributed by atoms with Gasteiger partial charge in [-0.25, -0.2) is 0 Å². The first-order valence-corrected chi connectivity index (χ1v) is 13.9. The molecule has 3 aliphatic rings. The fourth-order valence-electron chi connectivity index (χ4n) is 4.90. The molecule has 1 atom stereocenters. The Labute approximate surface area is 217 Å². The quantitative estimate of drug-likeness (QED) is 0.371. The van der Waals surface area contributed by atoms with Gasteiger partial charge in [-0.15, -0.1) is 0 Å². The van der Waals surface area contributed by atoms with Crippen molar-refractivity contribution in [2.75, 3.05) is 26.2 Å². The second kappa shape index (κ2) is 10.5. The van der Waals surface area contributed by atoms with Gasteiger partial charge in [0.1, 0.15) is 10.9 Å². The molecule has 0 aliphatic carbocycles. The lowest BCUT2D eigenvalue weighted by molar-refractivity contribution is -0.131. The first-order chi connectivity index (χ1) is 16.5. The van der Waals surface area contributed by atoms with Crippen molar-refractivity contribution in [3.8, 4) is 0 Å². The maximum Gasteiger partial charge on any atom is 0.266 e. The number of hydrogen-bond donors (Lipinski definition) is 0. The molecule has 2 amide bonds. The topological polar surface area (TPSA) is 54.8 Å². The van der Waals surface area contributed by atoms with E-state index in [1.165, 1.54) is 24.6 Å². The summed E-state index contributed by atoms with van der Waals surface area (Å²) < 4.78 is 9.25. The molecular formula is C25H28BrN3O3S2. The number of ether oxygens (including phenoxy) is 1. The summed E-state index contributed by atoms with van der Waals surface area (Å²) in [5, 5.41) is 1.00. The maximum atomic E-state index is 13.2. The molecule has 0 unspecified atom stereocenters. The normalized spacial score (nSPS) is 22.9. The minimum atomic E-state index is -0.0676. The van der Waals surface area contributed by atoms with E-state index in [0.29, 0.717) is 22.3 Å². The Morgan fingerprint density at radius 2 is 2.00 bits per heavy atom. The van der Waals surface area contributed by atoms with Crippen LogP contribution in [-0.4, -0.2) is 62.8 Å². The lowest BCUT2D eigenvalue weighted by Gasteiger charge is -2.20. The van der Waals surface area contributed by atoms with Crippen molar-refractivity contribution < 1.29 is 14.3 Å². The number of halogens is 1. The number of carbonyl (C=O) groups is 2. The van der Waals surface area contributed by atoms with Crippen LogP contribution in [0.2, 0.25) is 0 Å². The minimum absolute atomic E-state index is 0.0599. The highest BCUT2D eigenvalue weighted by Gasteiger charge is 2.34.